The molecule has 1 aromatic heterocycles. The van der Waals surface area contributed by atoms with E-state index in [0.29, 0.717) is 12.4 Å². The number of hydrogen-bond donors (Lipinski definition) is 2. The van der Waals surface area contributed by atoms with Gasteiger partial charge in [-0.25, -0.2) is 9.78 Å². The monoisotopic (exact) mass is 210 g/mol. The number of anilines is 1. The van der Waals surface area contributed by atoms with Crippen molar-refractivity contribution in [3.63, 3.8) is 0 Å². The fourth-order valence-electron chi connectivity index (χ4n) is 1.35. The van der Waals surface area contributed by atoms with E-state index in [9.17, 15) is 9.90 Å². The molecule has 2 N–H and O–H groups in total. The second kappa shape index (κ2) is 4.75. The average Bonchev–Trinajstić information content (AvgIpc) is 2.16. The van der Waals surface area contributed by atoms with Crippen molar-refractivity contribution in [3.05, 3.63) is 23.9 Å². The highest BCUT2D eigenvalue weighted by atomic mass is 16.4. The van der Waals surface area contributed by atoms with Crippen molar-refractivity contribution in [2.24, 2.45) is 0 Å². The first-order valence-electron chi connectivity index (χ1n) is 4.60. The lowest BCUT2D eigenvalue weighted by Crippen LogP contribution is -2.29. The van der Waals surface area contributed by atoms with Crippen LogP contribution in [0.1, 0.15) is 17.3 Å². The zero-order chi connectivity index (χ0) is 11.4. The van der Waals surface area contributed by atoms with Gasteiger partial charge in [-0.3, -0.25) is 0 Å². The second-order valence-electron chi connectivity index (χ2n) is 3.41. The third-order valence-corrected chi connectivity index (χ3v) is 1.92. The Morgan fingerprint density at radius 1 is 1.67 bits per heavy atom. The molecule has 0 aliphatic rings. The lowest BCUT2D eigenvalue weighted by atomic mass is 10.2. The summed E-state index contributed by atoms with van der Waals surface area (Å²) < 4.78 is 0. The molecule has 5 nitrogen and oxygen atoms in total. The van der Waals surface area contributed by atoms with Crippen molar-refractivity contribution < 1.29 is 15.0 Å². The zero-order valence-electron chi connectivity index (χ0n) is 8.71. The van der Waals surface area contributed by atoms with Gasteiger partial charge in [-0.05, 0) is 19.1 Å². The smallest absolute Gasteiger partial charge is 0.339 e. The van der Waals surface area contributed by atoms with Gasteiger partial charge in [0, 0.05) is 19.8 Å². The van der Waals surface area contributed by atoms with E-state index in [2.05, 4.69) is 4.98 Å². The Kier molecular flexibility index (Phi) is 3.62. The fourth-order valence-corrected chi connectivity index (χ4v) is 1.35. The molecule has 0 aromatic carbocycles. The van der Waals surface area contributed by atoms with E-state index in [1.165, 1.54) is 12.3 Å². The molecule has 1 atom stereocenters. The molecule has 1 heterocycles. The highest BCUT2D eigenvalue weighted by molar-refractivity contribution is 5.93. The maximum Gasteiger partial charge on any atom is 0.339 e. The zero-order valence-corrected chi connectivity index (χ0v) is 8.71. The van der Waals surface area contributed by atoms with E-state index in [1.807, 2.05) is 0 Å². The van der Waals surface area contributed by atoms with Crippen LogP contribution in [0.2, 0.25) is 0 Å². The first kappa shape index (κ1) is 11.5. The van der Waals surface area contributed by atoms with E-state index in [4.69, 9.17) is 5.11 Å². The van der Waals surface area contributed by atoms with Crippen LogP contribution in [0.15, 0.2) is 18.3 Å². The van der Waals surface area contributed by atoms with Gasteiger partial charge < -0.3 is 15.1 Å². The minimum absolute atomic E-state index is 0.139. The molecular formula is C10H14N2O3. The fraction of sp³-hybridized carbons (Fsp3) is 0.400. The number of hydrogen-bond acceptors (Lipinski definition) is 4. The van der Waals surface area contributed by atoms with Crippen LogP contribution in [0.3, 0.4) is 0 Å². The summed E-state index contributed by atoms with van der Waals surface area (Å²) in [4.78, 5) is 16.5. The largest absolute Gasteiger partial charge is 0.478 e. The summed E-state index contributed by atoms with van der Waals surface area (Å²) >= 11 is 0. The number of likely N-dealkylation sites (N-methyl/N-ethyl adjacent to an activating group) is 1. The molecular weight excluding hydrogens is 196 g/mol. The Hall–Kier alpha value is -1.62. The normalized spacial score (nSPS) is 12.2. The van der Waals surface area contributed by atoms with Crippen LogP contribution < -0.4 is 4.90 Å². The van der Waals surface area contributed by atoms with Crippen molar-refractivity contribution >= 4 is 11.8 Å². The molecule has 0 fully saturated rings. The Morgan fingerprint density at radius 3 is 2.87 bits per heavy atom. The molecule has 1 aromatic rings. The van der Waals surface area contributed by atoms with Crippen LogP contribution in [0.4, 0.5) is 5.82 Å². The molecule has 0 aliphatic carbocycles. The van der Waals surface area contributed by atoms with Gasteiger partial charge in [-0.1, -0.05) is 0 Å². The van der Waals surface area contributed by atoms with Crippen LogP contribution in [0, 0.1) is 0 Å². The van der Waals surface area contributed by atoms with Crippen molar-refractivity contribution in [2.75, 3.05) is 18.5 Å². The summed E-state index contributed by atoms with van der Waals surface area (Å²) in [5.41, 5.74) is 0.139. The summed E-state index contributed by atoms with van der Waals surface area (Å²) in [5, 5.41) is 18.1. The number of aliphatic hydroxyl groups is 1. The number of carboxylic acids is 1. The van der Waals surface area contributed by atoms with Crippen molar-refractivity contribution in [1.82, 2.24) is 4.98 Å². The van der Waals surface area contributed by atoms with Crippen LogP contribution in [0.25, 0.3) is 0 Å². The number of pyridine rings is 1. The number of aromatic nitrogens is 1. The first-order chi connectivity index (χ1) is 7.02. The topological polar surface area (TPSA) is 73.7 Å². The van der Waals surface area contributed by atoms with Crippen molar-refractivity contribution in [1.29, 1.82) is 0 Å². The van der Waals surface area contributed by atoms with E-state index >= 15 is 0 Å². The second-order valence-corrected chi connectivity index (χ2v) is 3.41. The Balaban J connectivity index is 2.97. The van der Waals surface area contributed by atoms with Gasteiger partial charge in [0.15, 0.2) is 0 Å². The minimum Gasteiger partial charge on any atom is -0.478 e. The van der Waals surface area contributed by atoms with Gasteiger partial charge in [0.2, 0.25) is 0 Å². The van der Waals surface area contributed by atoms with E-state index in [0.717, 1.165) is 0 Å². The van der Waals surface area contributed by atoms with Gasteiger partial charge >= 0.3 is 5.97 Å². The van der Waals surface area contributed by atoms with Gasteiger partial charge in [0.1, 0.15) is 11.4 Å². The number of carboxylic acid groups (broad SMARTS) is 1. The van der Waals surface area contributed by atoms with Crippen LogP contribution in [-0.4, -0.2) is 40.9 Å². The molecule has 0 bridgehead atoms. The summed E-state index contributed by atoms with van der Waals surface area (Å²) in [7, 11) is 1.70. The molecule has 5 heteroatoms. The highest BCUT2D eigenvalue weighted by Gasteiger charge is 2.14. The van der Waals surface area contributed by atoms with E-state index in [-0.39, 0.29) is 5.56 Å². The average molecular weight is 210 g/mol. The number of carbonyl (C=O) groups is 1. The van der Waals surface area contributed by atoms with Crippen molar-refractivity contribution in [3.8, 4) is 0 Å². The van der Waals surface area contributed by atoms with Gasteiger partial charge in [0.05, 0.1) is 6.10 Å². The number of aromatic carboxylic acids is 1. The third-order valence-electron chi connectivity index (χ3n) is 1.92. The Morgan fingerprint density at radius 2 is 2.33 bits per heavy atom. The maximum atomic E-state index is 10.9. The van der Waals surface area contributed by atoms with Crippen LogP contribution >= 0.6 is 0 Å². The highest BCUT2D eigenvalue weighted by Crippen LogP contribution is 2.15. The molecule has 0 saturated carbocycles. The van der Waals surface area contributed by atoms with Crippen molar-refractivity contribution in [2.45, 2.75) is 13.0 Å². The number of rotatable bonds is 4. The number of nitrogens with zero attached hydrogens (tertiary/aromatic N) is 2. The number of aliphatic hydroxyl groups excluding tert-OH is 1. The Bertz CT molecular complexity index is 352. The van der Waals surface area contributed by atoms with Gasteiger partial charge in [-0.2, -0.15) is 0 Å². The molecule has 0 saturated heterocycles. The lowest BCUT2D eigenvalue weighted by Gasteiger charge is -2.20. The molecule has 1 rings (SSSR count). The summed E-state index contributed by atoms with van der Waals surface area (Å²) in [5.74, 6) is -0.651. The molecule has 82 valence electrons. The standard InChI is InChI=1S/C10H14N2O3/c1-7(13)6-12(2)9-8(10(14)15)4-3-5-11-9/h3-5,7,13H,6H2,1-2H3,(H,14,15). The third kappa shape index (κ3) is 2.92. The van der Waals surface area contributed by atoms with Gasteiger partial charge in [0.25, 0.3) is 0 Å². The summed E-state index contributed by atoms with van der Waals surface area (Å²) in [6, 6.07) is 3.06. The minimum atomic E-state index is -1.02. The van der Waals surface area contributed by atoms with Crippen LogP contribution in [-0.2, 0) is 0 Å². The molecule has 15 heavy (non-hydrogen) atoms. The SMILES string of the molecule is CC(O)CN(C)c1ncccc1C(=O)O. The molecule has 0 spiro atoms. The predicted octanol–water partition coefficient (Wildman–Crippen LogP) is 0.597. The predicted molar refractivity (Wildman–Crippen MR) is 56.1 cm³/mol. The molecule has 0 aliphatic heterocycles. The summed E-state index contributed by atoms with van der Waals surface area (Å²) in [6.45, 7) is 1.98. The van der Waals surface area contributed by atoms with Gasteiger partial charge in [-0.15, -0.1) is 0 Å². The Labute approximate surface area is 88.0 Å². The van der Waals surface area contributed by atoms with E-state index < -0.39 is 12.1 Å². The lowest BCUT2D eigenvalue weighted by molar-refractivity contribution is 0.0697. The molecule has 0 amide bonds. The van der Waals surface area contributed by atoms with E-state index in [1.54, 1.807) is 24.9 Å². The van der Waals surface area contributed by atoms with Crippen LogP contribution in [0.5, 0.6) is 0 Å². The quantitative estimate of drug-likeness (QED) is 0.761. The molecule has 1 unspecified atom stereocenters. The maximum absolute atomic E-state index is 10.9. The first-order valence-corrected chi connectivity index (χ1v) is 4.60. The summed E-state index contributed by atoms with van der Waals surface area (Å²) in [6.07, 6.45) is 0.999. The molecule has 0 radical (unpaired) electrons.